The summed E-state index contributed by atoms with van der Waals surface area (Å²) in [6.07, 6.45) is 5.27. The Balaban J connectivity index is 2.42. The van der Waals surface area contributed by atoms with Gasteiger partial charge in [0.2, 0.25) is 0 Å². The molecule has 1 atom stereocenters. The van der Waals surface area contributed by atoms with Crippen LogP contribution in [0.1, 0.15) is 39.0 Å². The first kappa shape index (κ1) is 9.52. The maximum atomic E-state index is 10.5. The van der Waals surface area contributed by atoms with Crippen LogP contribution in [0.15, 0.2) is 0 Å². The van der Waals surface area contributed by atoms with E-state index in [0.717, 1.165) is 19.3 Å². The molecule has 1 unspecified atom stereocenters. The molecule has 3 N–H and O–H groups in total. The molecule has 0 aliphatic heterocycles. The largest absolute Gasteiger partial charge is 0.480 e. The van der Waals surface area contributed by atoms with Gasteiger partial charge < -0.3 is 10.8 Å². The zero-order chi connectivity index (χ0) is 9.19. The van der Waals surface area contributed by atoms with Crippen LogP contribution in [0.2, 0.25) is 0 Å². The van der Waals surface area contributed by atoms with Crippen molar-refractivity contribution in [1.82, 2.24) is 0 Å². The van der Waals surface area contributed by atoms with Crippen molar-refractivity contribution < 1.29 is 9.90 Å². The van der Waals surface area contributed by atoms with Crippen molar-refractivity contribution in [1.29, 1.82) is 0 Å². The third-order valence-electron chi connectivity index (χ3n) is 3.13. The Morgan fingerprint density at radius 1 is 1.67 bits per heavy atom. The van der Waals surface area contributed by atoms with Crippen molar-refractivity contribution >= 4 is 5.97 Å². The number of hydrogen-bond donors (Lipinski definition) is 2. The number of hydrogen-bond acceptors (Lipinski definition) is 2. The van der Waals surface area contributed by atoms with Gasteiger partial charge in [0, 0.05) is 0 Å². The van der Waals surface area contributed by atoms with Crippen LogP contribution in [0.3, 0.4) is 0 Å². The number of nitrogens with two attached hydrogens (primary N) is 1. The van der Waals surface area contributed by atoms with Gasteiger partial charge in [0.05, 0.1) is 0 Å². The number of aliphatic carboxylic acids is 1. The first-order valence-corrected chi connectivity index (χ1v) is 4.58. The number of carboxylic acids is 1. The Hall–Kier alpha value is -0.570. The molecule has 1 aliphatic rings. The van der Waals surface area contributed by atoms with Crippen LogP contribution in [-0.2, 0) is 4.79 Å². The smallest absolute Gasteiger partial charge is 0.320 e. The van der Waals surface area contributed by atoms with Crippen molar-refractivity contribution in [3.8, 4) is 0 Å². The summed E-state index contributed by atoms with van der Waals surface area (Å²) in [6, 6.07) is -0.662. The average molecular weight is 171 g/mol. The lowest BCUT2D eigenvalue weighted by Gasteiger charge is -2.42. The Labute approximate surface area is 72.9 Å². The van der Waals surface area contributed by atoms with E-state index >= 15 is 0 Å². The van der Waals surface area contributed by atoms with E-state index in [1.54, 1.807) is 0 Å². The molecule has 0 bridgehead atoms. The minimum Gasteiger partial charge on any atom is -0.480 e. The number of carboxylic acid groups (broad SMARTS) is 1. The normalized spacial score (nSPS) is 22.8. The molecule has 0 saturated heterocycles. The van der Waals surface area contributed by atoms with Crippen LogP contribution < -0.4 is 5.73 Å². The highest BCUT2D eigenvalue weighted by molar-refractivity contribution is 5.73. The maximum absolute atomic E-state index is 10.5. The molecule has 3 nitrogen and oxygen atoms in total. The molecule has 1 fully saturated rings. The molecule has 0 radical (unpaired) electrons. The van der Waals surface area contributed by atoms with Crippen molar-refractivity contribution in [2.75, 3.05) is 0 Å². The van der Waals surface area contributed by atoms with E-state index in [2.05, 4.69) is 6.92 Å². The zero-order valence-corrected chi connectivity index (χ0v) is 7.55. The molecule has 0 heterocycles. The van der Waals surface area contributed by atoms with Gasteiger partial charge in [-0.05, 0) is 24.7 Å². The van der Waals surface area contributed by atoms with Crippen LogP contribution in [0.4, 0.5) is 0 Å². The summed E-state index contributed by atoms with van der Waals surface area (Å²) < 4.78 is 0. The fraction of sp³-hybridized carbons (Fsp3) is 0.889. The maximum Gasteiger partial charge on any atom is 0.320 e. The molecular weight excluding hydrogens is 154 g/mol. The SMILES string of the molecule is CCC1(CC(N)C(=O)O)CCC1. The second-order valence-corrected chi connectivity index (χ2v) is 3.86. The Morgan fingerprint density at radius 2 is 2.25 bits per heavy atom. The fourth-order valence-electron chi connectivity index (χ4n) is 1.93. The second kappa shape index (κ2) is 3.44. The van der Waals surface area contributed by atoms with E-state index < -0.39 is 12.0 Å². The van der Waals surface area contributed by atoms with E-state index in [-0.39, 0.29) is 5.41 Å². The first-order chi connectivity index (χ1) is 5.59. The highest BCUT2D eigenvalue weighted by Crippen LogP contribution is 2.47. The van der Waals surface area contributed by atoms with Crippen molar-refractivity contribution in [2.24, 2.45) is 11.1 Å². The van der Waals surface area contributed by atoms with Gasteiger partial charge in [-0.1, -0.05) is 19.8 Å². The van der Waals surface area contributed by atoms with Crippen LogP contribution in [-0.4, -0.2) is 17.1 Å². The Bertz CT molecular complexity index is 170. The molecule has 0 aromatic heterocycles. The summed E-state index contributed by atoms with van der Waals surface area (Å²) in [5.74, 6) is -0.866. The molecule has 1 rings (SSSR count). The minimum atomic E-state index is -0.866. The molecule has 0 spiro atoms. The first-order valence-electron chi connectivity index (χ1n) is 4.58. The van der Waals surface area contributed by atoms with Gasteiger partial charge in [-0.2, -0.15) is 0 Å². The Kier molecular flexibility index (Phi) is 2.73. The van der Waals surface area contributed by atoms with Crippen LogP contribution >= 0.6 is 0 Å². The summed E-state index contributed by atoms with van der Waals surface area (Å²) in [4.78, 5) is 10.5. The Morgan fingerprint density at radius 3 is 2.50 bits per heavy atom. The molecule has 3 heteroatoms. The molecule has 1 saturated carbocycles. The lowest BCUT2D eigenvalue weighted by Crippen LogP contribution is -2.40. The summed E-state index contributed by atoms with van der Waals surface area (Å²) in [5, 5.41) is 8.64. The second-order valence-electron chi connectivity index (χ2n) is 3.86. The van der Waals surface area contributed by atoms with Gasteiger partial charge in [0.15, 0.2) is 0 Å². The van der Waals surface area contributed by atoms with E-state index in [1.807, 2.05) is 0 Å². The summed E-state index contributed by atoms with van der Waals surface area (Å²) in [7, 11) is 0. The topological polar surface area (TPSA) is 63.3 Å². The molecule has 12 heavy (non-hydrogen) atoms. The van der Waals surface area contributed by atoms with Crippen LogP contribution in [0, 0.1) is 5.41 Å². The predicted octanol–water partition coefficient (Wildman–Crippen LogP) is 1.37. The minimum absolute atomic E-state index is 0.262. The van der Waals surface area contributed by atoms with E-state index in [4.69, 9.17) is 10.8 Å². The highest BCUT2D eigenvalue weighted by Gasteiger charge is 2.37. The van der Waals surface area contributed by atoms with Crippen LogP contribution in [0.5, 0.6) is 0 Å². The van der Waals surface area contributed by atoms with E-state index in [9.17, 15) is 4.79 Å². The van der Waals surface area contributed by atoms with Crippen LogP contribution in [0.25, 0.3) is 0 Å². The van der Waals surface area contributed by atoms with E-state index in [0.29, 0.717) is 6.42 Å². The van der Waals surface area contributed by atoms with Gasteiger partial charge in [0.1, 0.15) is 6.04 Å². The van der Waals surface area contributed by atoms with Gasteiger partial charge >= 0.3 is 5.97 Å². The number of rotatable bonds is 4. The molecular formula is C9H17NO2. The third kappa shape index (κ3) is 1.78. The molecule has 0 aromatic carbocycles. The van der Waals surface area contributed by atoms with Gasteiger partial charge in [-0.25, -0.2) is 0 Å². The molecule has 70 valence electrons. The fourth-order valence-corrected chi connectivity index (χ4v) is 1.93. The summed E-state index contributed by atoms with van der Waals surface area (Å²) in [6.45, 7) is 2.12. The third-order valence-corrected chi connectivity index (χ3v) is 3.13. The van der Waals surface area contributed by atoms with Crippen molar-refractivity contribution in [3.63, 3.8) is 0 Å². The quantitative estimate of drug-likeness (QED) is 0.671. The standard InChI is InChI=1S/C9H17NO2/c1-2-9(4-3-5-9)6-7(10)8(11)12/h7H,2-6,10H2,1H3,(H,11,12). The molecule has 0 amide bonds. The van der Waals surface area contributed by atoms with E-state index in [1.165, 1.54) is 6.42 Å². The molecule has 1 aliphatic carbocycles. The lowest BCUT2D eigenvalue weighted by molar-refractivity contribution is -0.139. The predicted molar refractivity (Wildman–Crippen MR) is 46.8 cm³/mol. The molecule has 0 aromatic rings. The monoisotopic (exact) mass is 171 g/mol. The zero-order valence-electron chi connectivity index (χ0n) is 7.55. The van der Waals surface area contributed by atoms with Gasteiger partial charge in [-0.3, -0.25) is 4.79 Å². The summed E-state index contributed by atoms with van der Waals surface area (Å²) >= 11 is 0. The highest BCUT2D eigenvalue weighted by atomic mass is 16.4. The summed E-state index contributed by atoms with van der Waals surface area (Å²) in [5.41, 5.74) is 5.75. The van der Waals surface area contributed by atoms with Crippen molar-refractivity contribution in [2.45, 2.75) is 45.1 Å². The lowest BCUT2D eigenvalue weighted by atomic mass is 9.64. The van der Waals surface area contributed by atoms with Crippen molar-refractivity contribution in [3.05, 3.63) is 0 Å². The average Bonchev–Trinajstić information content (AvgIpc) is 1.96. The number of carbonyl (C=O) groups is 1. The van der Waals surface area contributed by atoms with Gasteiger partial charge in [-0.15, -0.1) is 0 Å². The van der Waals surface area contributed by atoms with Gasteiger partial charge in [0.25, 0.3) is 0 Å².